The molecule has 0 aliphatic rings. The molecule has 270 valence electrons. The summed E-state index contributed by atoms with van der Waals surface area (Å²) in [6.45, 7) is 0. The number of fused-ring (bicyclic) bond motifs is 9. The van der Waals surface area contributed by atoms with Crippen molar-refractivity contribution in [2.24, 2.45) is 0 Å². The van der Waals surface area contributed by atoms with Crippen LogP contribution in [0.4, 0.5) is 0 Å². The summed E-state index contributed by atoms with van der Waals surface area (Å²) in [6.07, 6.45) is 0. The summed E-state index contributed by atoms with van der Waals surface area (Å²) in [5, 5.41) is 6.61. The molecule has 0 amide bonds. The van der Waals surface area contributed by atoms with Crippen LogP contribution in [0.1, 0.15) is 11.0 Å². The maximum Gasteiger partial charge on any atom is 0.166 e. The standard InChI is InChI=1S/C53H32N4S/c1-2-13-35(14-3-1)51-54-52(38-26-28-43-42-18-8-11-21-49(42)58-50(43)32-38)56-53(55-51)45-31-37(36-25-24-34-23-22-33-12-4-5-15-39(33)44(34)30-36)27-29-48(45)57-46-19-9-6-16-40(46)41-17-7-10-20-47(41)57/h1-32H/i6D,7D,9D,10D,16D,17D,19D,20D. The van der Waals surface area contributed by atoms with Gasteiger partial charge in [0.25, 0.3) is 0 Å². The van der Waals surface area contributed by atoms with E-state index in [1.165, 1.54) is 4.57 Å². The van der Waals surface area contributed by atoms with E-state index < -0.39 is 48.3 Å². The van der Waals surface area contributed by atoms with Crippen LogP contribution in [0, 0.1) is 0 Å². The zero-order chi connectivity index (χ0) is 45.1. The molecule has 0 fully saturated rings. The summed E-state index contributed by atoms with van der Waals surface area (Å²) in [6, 6.07) is 44.8. The normalized spacial score (nSPS) is 13.7. The number of hydrogen-bond donors (Lipinski definition) is 0. The number of rotatable bonds is 5. The van der Waals surface area contributed by atoms with Crippen molar-refractivity contribution in [2.75, 3.05) is 0 Å². The lowest BCUT2D eigenvalue weighted by Gasteiger charge is -2.16. The van der Waals surface area contributed by atoms with Crippen LogP contribution in [-0.4, -0.2) is 19.5 Å². The van der Waals surface area contributed by atoms with Gasteiger partial charge in [0, 0.05) is 47.6 Å². The number of thiophene rings is 1. The largest absolute Gasteiger partial charge is 0.309 e. The number of para-hydroxylation sites is 2. The Morgan fingerprint density at radius 2 is 0.983 bits per heavy atom. The smallest absolute Gasteiger partial charge is 0.166 e. The highest BCUT2D eigenvalue weighted by atomic mass is 32.1. The van der Waals surface area contributed by atoms with Crippen molar-refractivity contribution in [1.29, 1.82) is 0 Å². The number of aromatic nitrogens is 4. The lowest BCUT2D eigenvalue weighted by molar-refractivity contribution is 1.07. The zero-order valence-electron chi connectivity index (χ0n) is 38.6. The quantitative estimate of drug-likeness (QED) is 0.164. The topological polar surface area (TPSA) is 43.6 Å². The fraction of sp³-hybridized carbons (Fsp3) is 0. The summed E-state index contributed by atoms with van der Waals surface area (Å²) in [5.74, 6) is 1.04. The molecule has 0 atom stereocenters. The maximum atomic E-state index is 9.32. The van der Waals surface area contributed by atoms with Crippen LogP contribution in [0.25, 0.3) is 115 Å². The lowest BCUT2D eigenvalue weighted by Crippen LogP contribution is -2.04. The average Bonchev–Trinajstić information content (AvgIpc) is 3.92. The molecule has 3 heterocycles. The van der Waals surface area contributed by atoms with Crippen LogP contribution >= 0.6 is 11.3 Å². The fourth-order valence-corrected chi connectivity index (χ4v) is 9.29. The van der Waals surface area contributed by atoms with Gasteiger partial charge in [0.2, 0.25) is 0 Å². The molecule has 4 nitrogen and oxygen atoms in total. The summed E-state index contributed by atoms with van der Waals surface area (Å²) in [7, 11) is 0. The molecule has 0 radical (unpaired) electrons. The monoisotopic (exact) mass is 764 g/mol. The van der Waals surface area contributed by atoms with Crippen LogP contribution in [0.2, 0.25) is 0 Å². The van der Waals surface area contributed by atoms with Gasteiger partial charge in [0.1, 0.15) is 0 Å². The molecule has 0 unspecified atom stereocenters. The molecule has 3 aromatic heterocycles. The SMILES string of the molecule is [2H]c1c([2H])c([2H])c2c(c1[2H])c1c([2H])c([2H])c([2H])c([2H])c1n2-c1ccc(-c2ccc3ccc4ccccc4c3c2)cc1-c1nc(-c2ccccc2)nc(-c2ccc3c(c2)sc2ccccc23)n1. The van der Waals surface area contributed by atoms with Crippen molar-refractivity contribution in [1.82, 2.24) is 19.5 Å². The van der Waals surface area contributed by atoms with E-state index in [1.807, 2.05) is 78.9 Å². The van der Waals surface area contributed by atoms with Crippen LogP contribution in [0.5, 0.6) is 0 Å². The van der Waals surface area contributed by atoms with Gasteiger partial charge >= 0.3 is 0 Å². The third-order valence-corrected chi connectivity index (χ3v) is 12.0. The summed E-state index contributed by atoms with van der Waals surface area (Å²) in [5.41, 5.74) is 3.97. The van der Waals surface area contributed by atoms with Crippen LogP contribution < -0.4 is 0 Å². The van der Waals surface area contributed by atoms with Crippen LogP contribution in [0.15, 0.2) is 194 Å². The Bertz CT molecular complexity index is 3980. The van der Waals surface area contributed by atoms with Crippen molar-refractivity contribution in [3.05, 3.63) is 194 Å². The first-order valence-corrected chi connectivity index (χ1v) is 19.7. The number of nitrogens with zero attached hydrogens (tertiary/aromatic N) is 4. The van der Waals surface area contributed by atoms with Crippen molar-refractivity contribution in [2.45, 2.75) is 0 Å². The van der Waals surface area contributed by atoms with E-state index in [0.29, 0.717) is 22.9 Å². The van der Waals surface area contributed by atoms with Gasteiger partial charge in [-0.15, -0.1) is 11.3 Å². The average molecular weight is 765 g/mol. The van der Waals surface area contributed by atoms with Crippen LogP contribution in [-0.2, 0) is 0 Å². The molecule has 5 heteroatoms. The predicted molar refractivity (Wildman–Crippen MR) is 244 cm³/mol. The van der Waals surface area contributed by atoms with Gasteiger partial charge in [-0.2, -0.15) is 0 Å². The molecule has 12 rings (SSSR count). The summed E-state index contributed by atoms with van der Waals surface area (Å²) < 4.78 is 75.6. The van der Waals surface area contributed by atoms with Gasteiger partial charge in [-0.25, -0.2) is 15.0 Å². The maximum absolute atomic E-state index is 9.32. The number of benzene rings is 9. The van der Waals surface area contributed by atoms with Crippen LogP contribution in [0.3, 0.4) is 0 Å². The lowest BCUT2D eigenvalue weighted by atomic mass is 9.95. The van der Waals surface area contributed by atoms with Gasteiger partial charge in [0.15, 0.2) is 17.5 Å². The molecule has 0 saturated heterocycles. The summed E-state index contributed by atoms with van der Waals surface area (Å²) >= 11 is 1.69. The van der Waals surface area contributed by atoms with Gasteiger partial charge in [-0.3, -0.25) is 0 Å². The highest BCUT2D eigenvalue weighted by molar-refractivity contribution is 7.25. The van der Waals surface area contributed by atoms with Gasteiger partial charge in [-0.05, 0) is 75.1 Å². The second-order valence-electron chi connectivity index (χ2n) is 14.2. The van der Waals surface area contributed by atoms with Crippen molar-refractivity contribution in [3.8, 4) is 51.0 Å². The Morgan fingerprint density at radius 1 is 0.397 bits per heavy atom. The Labute approximate surface area is 349 Å². The second kappa shape index (κ2) is 13.1. The minimum Gasteiger partial charge on any atom is -0.309 e. The highest BCUT2D eigenvalue weighted by Gasteiger charge is 2.21. The van der Waals surface area contributed by atoms with E-state index in [-0.39, 0.29) is 27.6 Å². The van der Waals surface area contributed by atoms with E-state index >= 15 is 0 Å². The fourth-order valence-electron chi connectivity index (χ4n) is 8.14. The molecular formula is C53H32N4S. The molecule has 0 spiro atoms. The Balaban J connectivity index is 1.20. The Hall–Kier alpha value is -7.47. The molecular weight excluding hydrogens is 725 g/mol. The highest BCUT2D eigenvalue weighted by Crippen LogP contribution is 2.40. The summed E-state index contributed by atoms with van der Waals surface area (Å²) in [4.78, 5) is 15.5. The Morgan fingerprint density at radius 3 is 1.79 bits per heavy atom. The van der Waals surface area contributed by atoms with Crippen molar-refractivity contribution < 1.29 is 11.0 Å². The molecule has 0 aliphatic heterocycles. The first-order chi connectivity index (χ1) is 32.0. The van der Waals surface area contributed by atoms with Gasteiger partial charge in [-0.1, -0.05) is 152 Å². The molecule has 0 aliphatic carbocycles. The molecule has 0 saturated carbocycles. The molecule has 0 N–H and O–H groups in total. The second-order valence-corrected chi connectivity index (χ2v) is 15.3. The number of hydrogen-bond acceptors (Lipinski definition) is 4. The third kappa shape index (κ3) is 5.25. The molecule has 12 aromatic rings. The zero-order valence-corrected chi connectivity index (χ0v) is 31.4. The van der Waals surface area contributed by atoms with Gasteiger partial charge in [0.05, 0.1) is 27.7 Å². The first-order valence-electron chi connectivity index (χ1n) is 22.9. The van der Waals surface area contributed by atoms with E-state index in [4.69, 9.17) is 23.2 Å². The molecule has 9 aromatic carbocycles. The minimum atomic E-state index is -0.511. The molecule has 58 heavy (non-hydrogen) atoms. The third-order valence-electron chi connectivity index (χ3n) is 10.9. The van der Waals surface area contributed by atoms with E-state index in [9.17, 15) is 2.74 Å². The predicted octanol–water partition coefficient (Wildman–Crippen LogP) is 14.3. The van der Waals surface area contributed by atoms with Crippen molar-refractivity contribution in [3.63, 3.8) is 0 Å². The van der Waals surface area contributed by atoms with Crippen molar-refractivity contribution >= 4 is 74.9 Å². The molecule has 0 bridgehead atoms. The van der Waals surface area contributed by atoms with E-state index in [0.717, 1.165) is 64.0 Å². The van der Waals surface area contributed by atoms with E-state index in [2.05, 4.69) is 66.7 Å². The minimum absolute atomic E-state index is 0.00181. The Kier molecular flexibility index (Phi) is 5.77. The first kappa shape index (κ1) is 25.6. The van der Waals surface area contributed by atoms with Gasteiger partial charge < -0.3 is 4.57 Å². The van der Waals surface area contributed by atoms with E-state index in [1.54, 1.807) is 11.3 Å².